The number of rotatable bonds is 1. The van der Waals surface area contributed by atoms with E-state index in [1.807, 2.05) is 12.4 Å². The first kappa shape index (κ1) is 12.8. The van der Waals surface area contributed by atoms with E-state index in [-0.39, 0.29) is 11.6 Å². The van der Waals surface area contributed by atoms with Gasteiger partial charge in [0, 0.05) is 29.1 Å². The fourth-order valence-electron chi connectivity index (χ4n) is 3.37. The third-order valence-corrected chi connectivity index (χ3v) is 5.81. The van der Waals surface area contributed by atoms with Crippen LogP contribution in [0.15, 0.2) is 18.5 Å². The van der Waals surface area contributed by atoms with Crippen LogP contribution in [0.4, 0.5) is 0 Å². The summed E-state index contributed by atoms with van der Waals surface area (Å²) in [5.41, 5.74) is 2.40. The van der Waals surface area contributed by atoms with Crippen LogP contribution in [-0.2, 0) is 16.8 Å². The minimum Gasteiger partial charge on any atom is -0.369 e. The second-order valence-corrected chi connectivity index (χ2v) is 7.17. The van der Waals surface area contributed by atoms with Crippen molar-refractivity contribution < 1.29 is 4.74 Å². The van der Waals surface area contributed by atoms with Crippen LogP contribution < -0.4 is 5.32 Å². The number of aromatic amines is 1. The third-order valence-electron chi connectivity index (χ3n) is 4.32. The summed E-state index contributed by atoms with van der Waals surface area (Å²) in [6, 6.07) is 2.40. The predicted octanol–water partition coefficient (Wildman–Crippen LogP) is 3.02. The fraction of sp³-hybridized carbons (Fsp3) is 0.500. The molecule has 0 saturated carbocycles. The van der Waals surface area contributed by atoms with E-state index >= 15 is 0 Å². The largest absolute Gasteiger partial charge is 0.369 e. The lowest BCUT2D eigenvalue weighted by Gasteiger charge is -2.43. The van der Waals surface area contributed by atoms with E-state index in [9.17, 15) is 0 Å². The van der Waals surface area contributed by atoms with Crippen molar-refractivity contribution >= 4 is 22.9 Å². The monoisotopic (exact) mass is 309 g/mol. The molecule has 4 nitrogen and oxygen atoms in total. The second-order valence-electron chi connectivity index (χ2n) is 5.49. The van der Waals surface area contributed by atoms with E-state index in [2.05, 4.69) is 21.6 Å². The molecule has 4 rings (SSSR count). The standard InChI is InChI=1S/C14H16ClN3OS/c15-12-5-9-1-4-19-14(13(9)20-12)2-3-16-11(6-14)10-7-17-18-8-10/h5,7-8,11,16H,1-4,6H2,(H,17,18)/t11-,14-/m0/s1. The molecule has 2 atom stereocenters. The molecule has 106 valence electrons. The maximum Gasteiger partial charge on any atom is 0.106 e. The van der Waals surface area contributed by atoms with Crippen LogP contribution in [0.25, 0.3) is 0 Å². The van der Waals surface area contributed by atoms with Gasteiger partial charge in [-0.15, -0.1) is 11.3 Å². The summed E-state index contributed by atoms with van der Waals surface area (Å²) in [4.78, 5) is 1.34. The molecule has 0 amide bonds. The lowest BCUT2D eigenvalue weighted by molar-refractivity contribution is -0.0868. The summed E-state index contributed by atoms with van der Waals surface area (Å²) >= 11 is 7.91. The zero-order valence-electron chi connectivity index (χ0n) is 11.0. The minimum absolute atomic E-state index is 0.168. The summed E-state index contributed by atoms with van der Waals surface area (Å²) in [5.74, 6) is 0. The van der Waals surface area contributed by atoms with E-state index < -0.39 is 0 Å². The van der Waals surface area contributed by atoms with E-state index in [4.69, 9.17) is 16.3 Å². The van der Waals surface area contributed by atoms with Crippen LogP contribution in [0.3, 0.4) is 0 Å². The first-order chi connectivity index (χ1) is 9.77. The zero-order valence-corrected chi connectivity index (χ0v) is 12.6. The van der Waals surface area contributed by atoms with Crippen LogP contribution >= 0.6 is 22.9 Å². The Balaban J connectivity index is 1.70. The molecule has 2 N–H and O–H groups in total. The van der Waals surface area contributed by atoms with Gasteiger partial charge in [0.1, 0.15) is 5.60 Å². The van der Waals surface area contributed by atoms with Gasteiger partial charge in [-0.05, 0) is 31.0 Å². The zero-order chi connectivity index (χ0) is 13.6. The minimum atomic E-state index is -0.168. The highest BCUT2D eigenvalue weighted by Gasteiger charge is 2.44. The summed E-state index contributed by atoms with van der Waals surface area (Å²) < 4.78 is 7.13. The van der Waals surface area contributed by atoms with Crippen molar-refractivity contribution in [2.24, 2.45) is 0 Å². The van der Waals surface area contributed by atoms with Gasteiger partial charge in [0.05, 0.1) is 17.1 Å². The number of aromatic nitrogens is 2. The van der Waals surface area contributed by atoms with Crippen molar-refractivity contribution in [3.8, 4) is 0 Å². The van der Waals surface area contributed by atoms with Crippen LogP contribution in [0.5, 0.6) is 0 Å². The number of piperidine rings is 1. The number of hydrogen-bond acceptors (Lipinski definition) is 4. The molecule has 4 heterocycles. The number of fused-ring (bicyclic) bond motifs is 2. The highest BCUT2D eigenvalue weighted by atomic mass is 35.5. The molecule has 6 heteroatoms. The molecule has 0 bridgehead atoms. The molecule has 20 heavy (non-hydrogen) atoms. The third kappa shape index (κ3) is 2.00. The van der Waals surface area contributed by atoms with Gasteiger partial charge >= 0.3 is 0 Å². The topological polar surface area (TPSA) is 49.9 Å². The molecular weight excluding hydrogens is 294 g/mol. The average molecular weight is 310 g/mol. The molecule has 1 spiro atoms. The normalized spacial score (nSPS) is 29.6. The Hall–Kier alpha value is -0.880. The van der Waals surface area contributed by atoms with E-state index in [0.717, 1.165) is 36.8 Å². The van der Waals surface area contributed by atoms with Gasteiger partial charge in [-0.2, -0.15) is 5.10 Å². The maximum absolute atomic E-state index is 6.26. The first-order valence-electron chi connectivity index (χ1n) is 6.92. The second kappa shape index (κ2) is 4.84. The predicted molar refractivity (Wildman–Crippen MR) is 79.2 cm³/mol. The highest BCUT2D eigenvalue weighted by Crippen LogP contribution is 2.48. The molecule has 0 aromatic carbocycles. The molecule has 0 radical (unpaired) electrons. The van der Waals surface area contributed by atoms with Gasteiger partial charge in [-0.25, -0.2) is 0 Å². The highest BCUT2D eigenvalue weighted by molar-refractivity contribution is 7.16. The van der Waals surface area contributed by atoms with Crippen LogP contribution in [0.2, 0.25) is 4.34 Å². The van der Waals surface area contributed by atoms with Gasteiger partial charge < -0.3 is 10.1 Å². The van der Waals surface area contributed by atoms with E-state index in [1.165, 1.54) is 16.0 Å². The lowest BCUT2D eigenvalue weighted by Crippen LogP contribution is -2.45. The number of nitrogens with one attached hydrogen (secondary N) is 2. The molecule has 2 aliphatic heterocycles. The Morgan fingerprint density at radius 2 is 2.45 bits per heavy atom. The van der Waals surface area contributed by atoms with Crippen LogP contribution in [-0.4, -0.2) is 23.3 Å². The SMILES string of the molecule is Clc1cc2c(s1)[C@@]1(CCN[C@H](c3cn[nH]c3)C1)OCC2. The molecule has 2 aliphatic rings. The molecule has 1 saturated heterocycles. The Kier molecular flexibility index (Phi) is 3.11. The molecule has 0 aliphatic carbocycles. The summed E-state index contributed by atoms with van der Waals surface area (Å²) in [5, 5.41) is 10.5. The van der Waals surface area contributed by atoms with Gasteiger partial charge in [0.2, 0.25) is 0 Å². The first-order valence-corrected chi connectivity index (χ1v) is 8.11. The van der Waals surface area contributed by atoms with Crippen molar-refractivity contribution in [2.45, 2.75) is 30.9 Å². The summed E-state index contributed by atoms with van der Waals surface area (Å²) in [6.07, 6.45) is 6.77. The van der Waals surface area contributed by atoms with Crippen molar-refractivity contribution in [3.63, 3.8) is 0 Å². The quantitative estimate of drug-likeness (QED) is 0.851. The Morgan fingerprint density at radius 3 is 3.30 bits per heavy atom. The van der Waals surface area contributed by atoms with Crippen molar-refractivity contribution in [3.05, 3.63) is 38.8 Å². The average Bonchev–Trinajstić information content (AvgIpc) is 3.08. The fourth-order valence-corrected chi connectivity index (χ4v) is 4.85. The number of halogens is 1. The Bertz CT molecular complexity index is 612. The number of nitrogens with zero attached hydrogens (tertiary/aromatic N) is 1. The number of hydrogen-bond donors (Lipinski definition) is 2. The molecule has 0 unspecified atom stereocenters. The molecule has 2 aromatic rings. The van der Waals surface area contributed by atoms with Crippen molar-refractivity contribution in [2.75, 3.05) is 13.2 Å². The van der Waals surface area contributed by atoms with Gasteiger partial charge in [0.25, 0.3) is 0 Å². The van der Waals surface area contributed by atoms with E-state index in [1.54, 1.807) is 11.3 Å². The Labute approximate surface area is 126 Å². The van der Waals surface area contributed by atoms with Gasteiger partial charge in [-0.3, -0.25) is 5.10 Å². The number of thiophene rings is 1. The smallest absolute Gasteiger partial charge is 0.106 e. The van der Waals surface area contributed by atoms with Gasteiger partial charge in [0.15, 0.2) is 0 Å². The molecular formula is C14H16ClN3OS. The van der Waals surface area contributed by atoms with Crippen LogP contribution in [0.1, 0.15) is 34.9 Å². The maximum atomic E-state index is 6.26. The lowest BCUT2D eigenvalue weighted by atomic mass is 9.81. The summed E-state index contributed by atoms with van der Waals surface area (Å²) in [6.45, 7) is 1.74. The van der Waals surface area contributed by atoms with Crippen molar-refractivity contribution in [1.29, 1.82) is 0 Å². The number of ether oxygens (including phenoxy) is 1. The molecule has 1 fully saturated rings. The van der Waals surface area contributed by atoms with Crippen molar-refractivity contribution in [1.82, 2.24) is 15.5 Å². The van der Waals surface area contributed by atoms with Gasteiger partial charge in [-0.1, -0.05) is 11.6 Å². The number of H-pyrrole nitrogens is 1. The summed E-state index contributed by atoms with van der Waals surface area (Å²) in [7, 11) is 0. The van der Waals surface area contributed by atoms with E-state index in [0.29, 0.717) is 0 Å². The van der Waals surface area contributed by atoms with Crippen LogP contribution in [0, 0.1) is 0 Å². The Morgan fingerprint density at radius 1 is 1.50 bits per heavy atom. The molecule has 2 aromatic heterocycles.